The SMILES string of the molecule is CC(=O)OCOC(=O)CO/C(=C1/C(=O)N(C(N)=O)c2cc(Cl)c(F)cc21)c1cccs1. The lowest BCUT2D eigenvalue weighted by Gasteiger charge is -2.13. The predicted octanol–water partition coefficient (Wildman–Crippen LogP) is 2.91. The van der Waals surface area contributed by atoms with Crippen molar-refractivity contribution in [3.8, 4) is 0 Å². The summed E-state index contributed by atoms with van der Waals surface area (Å²) >= 11 is 6.98. The molecule has 9 nitrogen and oxygen atoms in total. The Morgan fingerprint density at radius 3 is 2.58 bits per heavy atom. The standard InChI is InChI=1S/C19H14ClFN2O7S/c1-9(24)29-8-30-15(25)7-28-17(14-3-2-4-31-14)16-10-5-12(21)11(20)6-13(10)23(18(16)26)19(22)27/h2-6H,7-8H2,1H3,(H2,22,27)/b17-16+. The molecule has 3 amide bonds. The largest absolute Gasteiger partial charge is 0.480 e. The van der Waals surface area contributed by atoms with E-state index in [2.05, 4.69) is 4.74 Å². The van der Waals surface area contributed by atoms with Crippen LogP contribution >= 0.6 is 22.9 Å². The zero-order valence-corrected chi connectivity index (χ0v) is 17.4. The van der Waals surface area contributed by atoms with Gasteiger partial charge in [0, 0.05) is 12.5 Å². The van der Waals surface area contributed by atoms with Crippen LogP contribution in [0.3, 0.4) is 0 Å². The van der Waals surface area contributed by atoms with E-state index in [0.29, 0.717) is 9.78 Å². The molecule has 0 fully saturated rings. The summed E-state index contributed by atoms with van der Waals surface area (Å²) < 4.78 is 28.9. The first kappa shape index (κ1) is 22.2. The average molecular weight is 469 g/mol. The first-order valence-corrected chi connectivity index (χ1v) is 9.79. The van der Waals surface area contributed by atoms with E-state index in [-0.39, 0.29) is 27.6 Å². The highest BCUT2D eigenvalue weighted by molar-refractivity contribution is 7.11. The number of urea groups is 1. The minimum absolute atomic E-state index is 0.0161. The molecule has 162 valence electrons. The maximum Gasteiger partial charge on any atom is 0.347 e. The van der Waals surface area contributed by atoms with Crippen LogP contribution in [0.2, 0.25) is 5.02 Å². The molecule has 2 N–H and O–H groups in total. The number of anilines is 1. The van der Waals surface area contributed by atoms with Crippen molar-refractivity contribution in [2.75, 3.05) is 18.3 Å². The Bertz CT molecular complexity index is 1100. The number of imide groups is 1. The molecule has 0 atom stereocenters. The van der Waals surface area contributed by atoms with Crippen molar-refractivity contribution in [3.63, 3.8) is 0 Å². The third-order valence-electron chi connectivity index (χ3n) is 3.97. The summed E-state index contributed by atoms with van der Waals surface area (Å²) in [5, 5.41) is 1.37. The van der Waals surface area contributed by atoms with E-state index < -0.39 is 43.1 Å². The molecule has 31 heavy (non-hydrogen) atoms. The van der Waals surface area contributed by atoms with Crippen molar-refractivity contribution in [1.82, 2.24) is 0 Å². The van der Waals surface area contributed by atoms with Gasteiger partial charge in [-0.3, -0.25) is 9.59 Å². The van der Waals surface area contributed by atoms with Gasteiger partial charge in [-0.25, -0.2) is 18.9 Å². The number of carbonyl (C=O) groups is 4. The van der Waals surface area contributed by atoms with Crippen LogP contribution in [0, 0.1) is 5.82 Å². The van der Waals surface area contributed by atoms with Crippen LogP contribution in [-0.4, -0.2) is 37.3 Å². The summed E-state index contributed by atoms with van der Waals surface area (Å²) in [5.41, 5.74) is 5.14. The molecule has 2 aromatic rings. The molecule has 0 bridgehead atoms. The number of nitrogens with two attached hydrogens (primary N) is 1. The molecule has 0 unspecified atom stereocenters. The third-order valence-corrected chi connectivity index (χ3v) is 5.13. The topological polar surface area (TPSA) is 125 Å². The minimum Gasteiger partial charge on any atom is -0.480 e. The maximum atomic E-state index is 14.2. The van der Waals surface area contributed by atoms with Crippen LogP contribution in [0.15, 0.2) is 29.6 Å². The second-order valence-electron chi connectivity index (χ2n) is 6.00. The zero-order chi connectivity index (χ0) is 22.7. The molecule has 1 aliphatic rings. The van der Waals surface area contributed by atoms with Crippen molar-refractivity contribution < 1.29 is 37.8 Å². The quantitative estimate of drug-likeness (QED) is 0.299. The van der Waals surface area contributed by atoms with Gasteiger partial charge in [0.25, 0.3) is 5.91 Å². The van der Waals surface area contributed by atoms with Crippen LogP contribution in [0.5, 0.6) is 0 Å². The zero-order valence-electron chi connectivity index (χ0n) is 15.8. The number of esters is 2. The summed E-state index contributed by atoms with van der Waals surface area (Å²) in [5.74, 6) is -3.33. The van der Waals surface area contributed by atoms with E-state index >= 15 is 0 Å². The Kier molecular flexibility index (Phi) is 6.56. The lowest BCUT2D eigenvalue weighted by molar-refractivity contribution is -0.167. The Labute approximate surface area is 183 Å². The van der Waals surface area contributed by atoms with Crippen LogP contribution in [-0.2, 0) is 28.6 Å². The van der Waals surface area contributed by atoms with E-state index in [1.807, 2.05) is 0 Å². The second-order valence-corrected chi connectivity index (χ2v) is 7.36. The Balaban J connectivity index is 2.02. The number of rotatable bonds is 6. The van der Waals surface area contributed by atoms with Gasteiger partial charge in [-0.15, -0.1) is 11.3 Å². The summed E-state index contributed by atoms with van der Waals surface area (Å²) in [6.07, 6.45) is 0. The molecule has 2 heterocycles. The van der Waals surface area contributed by atoms with E-state index in [4.69, 9.17) is 26.8 Å². The number of halogens is 2. The fourth-order valence-corrected chi connectivity index (χ4v) is 3.61. The van der Waals surface area contributed by atoms with E-state index in [1.54, 1.807) is 17.5 Å². The number of hydrogen-bond donors (Lipinski definition) is 1. The predicted molar refractivity (Wildman–Crippen MR) is 108 cm³/mol. The summed E-state index contributed by atoms with van der Waals surface area (Å²) in [7, 11) is 0. The van der Waals surface area contributed by atoms with Crippen molar-refractivity contribution in [2.45, 2.75) is 6.92 Å². The number of amides is 3. The van der Waals surface area contributed by atoms with Gasteiger partial charge in [0.2, 0.25) is 6.79 Å². The van der Waals surface area contributed by atoms with Gasteiger partial charge in [-0.1, -0.05) is 17.7 Å². The molecule has 1 aromatic heterocycles. The van der Waals surface area contributed by atoms with Crippen molar-refractivity contribution >= 4 is 63.8 Å². The first-order valence-electron chi connectivity index (χ1n) is 8.54. The van der Waals surface area contributed by atoms with Crippen molar-refractivity contribution in [1.29, 1.82) is 0 Å². The lowest BCUT2D eigenvalue weighted by atomic mass is 10.0. The van der Waals surface area contributed by atoms with E-state index in [0.717, 1.165) is 19.1 Å². The average Bonchev–Trinajstić information content (AvgIpc) is 3.30. The van der Waals surface area contributed by atoms with Gasteiger partial charge in [-0.2, -0.15) is 0 Å². The van der Waals surface area contributed by atoms with Crippen LogP contribution < -0.4 is 10.6 Å². The highest BCUT2D eigenvalue weighted by Crippen LogP contribution is 2.43. The fraction of sp³-hybridized carbons (Fsp3) is 0.158. The summed E-state index contributed by atoms with van der Waals surface area (Å²) in [6, 6.07) is 4.24. The molecule has 1 aromatic carbocycles. The third kappa shape index (κ3) is 4.67. The monoisotopic (exact) mass is 468 g/mol. The van der Waals surface area contributed by atoms with Gasteiger partial charge >= 0.3 is 18.0 Å². The minimum atomic E-state index is -1.10. The number of ether oxygens (including phenoxy) is 3. The highest BCUT2D eigenvalue weighted by atomic mass is 35.5. The maximum absolute atomic E-state index is 14.2. The molecule has 0 aliphatic carbocycles. The van der Waals surface area contributed by atoms with Gasteiger partial charge in [0.05, 0.1) is 21.2 Å². The molecule has 12 heteroatoms. The number of benzene rings is 1. The normalized spacial score (nSPS) is 14.2. The Morgan fingerprint density at radius 1 is 1.23 bits per heavy atom. The molecular weight excluding hydrogens is 455 g/mol. The molecule has 3 rings (SSSR count). The highest BCUT2D eigenvalue weighted by Gasteiger charge is 2.40. The number of carbonyl (C=O) groups excluding carboxylic acids is 4. The first-order chi connectivity index (χ1) is 14.7. The van der Waals surface area contributed by atoms with Crippen molar-refractivity contribution in [3.05, 3.63) is 50.9 Å². The Morgan fingerprint density at radius 2 is 1.97 bits per heavy atom. The number of primary amides is 1. The number of fused-ring (bicyclic) bond motifs is 1. The van der Waals surface area contributed by atoms with Crippen LogP contribution in [0.4, 0.5) is 14.9 Å². The molecule has 0 radical (unpaired) electrons. The molecular formula is C19H14ClFN2O7S. The number of nitrogens with zero attached hydrogens (tertiary/aromatic N) is 1. The summed E-state index contributed by atoms with van der Waals surface area (Å²) in [6.45, 7) is -0.126. The second kappa shape index (κ2) is 9.14. The number of thiophene rings is 1. The molecule has 0 spiro atoms. The van der Waals surface area contributed by atoms with E-state index in [1.165, 1.54) is 11.3 Å². The fourth-order valence-electron chi connectivity index (χ4n) is 2.72. The van der Waals surface area contributed by atoms with Crippen molar-refractivity contribution in [2.24, 2.45) is 5.73 Å². The Hall–Kier alpha value is -3.44. The summed E-state index contributed by atoms with van der Waals surface area (Å²) in [4.78, 5) is 48.6. The molecule has 0 saturated carbocycles. The van der Waals surface area contributed by atoms with Crippen LogP contribution in [0.1, 0.15) is 17.4 Å². The van der Waals surface area contributed by atoms with Gasteiger partial charge in [0.15, 0.2) is 12.4 Å². The van der Waals surface area contributed by atoms with Gasteiger partial charge in [0.1, 0.15) is 5.82 Å². The number of hydrogen-bond acceptors (Lipinski definition) is 8. The van der Waals surface area contributed by atoms with Gasteiger partial charge in [-0.05, 0) is 23.6 Å². The van der Waals surface area contributed by atoms with Crippen LogP contribution in [0.25, 0.3) is 11.3 Å². The molecule has 0 saturated heterocycles. The van der Waals surface area contributed by atoms with E-state index in [9.17, 15) is 23.6 Å². The smallest absolute Gasteiger partial charge is 0.347 e. The molecule has 1 aliphatic heterocycles. The lowest BCUT2D eigenvalue weighted by Crippen LogP contribution is -2.38. The van der Waals surface area contributed by atoms with Gasteiger partial charge < -0.3 is 19.9 Å².